The average molecular weight is 225 g/mol. The van der Waals surface area contributed by atoms with Crippen LogP contribution in [0.15, 0.2) is 0 Å². The van der Waals surface area contributed by atoms with E-state index < -0.39 is 11.4 Å². The van der Waals surface area contributed by atoms with Gasteiger partial charge in [0.15, 0.2) is 5.78 Å². The number of hydrogen-bond donors (Lipinski definition) is 1. The zero-order valence-corrected chi connectivity index (χ0v) is 9.74. The van der Waals surface area contributed by atoms with Crippen molar-refractivity contribution in [2.24, 2.45) is 11.3 Å². The Labute approximate surface area is 95.6 Å². The number of likely N-dealkylation sites (tertiary alicyclic amines) is 1. The highest BCUT2D eigenvalue weighted by Crippen LogP contribution is 2.45. The molecular weight excluding hydrogens is 206 g/mol. The van der Waals surface area contributed by atoms with Gasteiger partial charge in [0, 0.05) is 5.92 Å². The maximum Gasteiger partial charge on any atom is 0.317 e. The van der Waals surface area contributed by atoms with E-state index in [2.05, 4.69) is 4.90 Å². The summed E-state index contributed by atoms with van der Waals surface area (Å²) in [6, 6.07) is 0. The molecule has 1 saturated carbocycles. The number of nitrogens with zero attached hydrogens (tertiary/aromatic N) is 1. The molecule has 1 heterocycles. The van der Waals surface area contributed by atoms with Crippen molar-refractivity contribution in [1.82, 2.24) is 4.90 Å². The van der Waals surface area contributed by atoms with E-state index in [1.165, 1.54) is 0 Å². The molecule has 0 radical (unpaired) electrons. The normalized spacial score (nSPS) is 26.1. The maximum absolute atomic E-state index is 12.3. The van der Waals surface area contributed by atoms with E-state index >= 15 is 0 Å². The van der Waals surface area contributed by atoms with Gasteiger partial charge in [0.25, 0.3) is 0 Å². The number of Topliss-reactive ketones (excluding diaryl/α,β-unsaturated/α-hetero) is 1. The Morgan fingerprint density at radius 1 is 1.25 bits per heavy atom. The van der Waals surface area contributed by atoms with Crippen LogP contribution < -0.4 is 0 Å². The molecule has 2 fully saturated rings. The molecule has 2 rings (SSSR count). The van der Waals surface area contributed by atoms with Crippen molar-refractivity contribution < 1.29 is 14.7 Å². The van der Waals surface area contributed by atoms with Crippen LogP contribution in [0.5, 0.6) is 0 Å². The van der Waals surface area contributed by atoms with Crippen molar-refractivity contribution in [3.63, 3.8) is 0 Å². The second-order valence-electron chi connectivity index (χ2n) is 5.18. The quantitative estimate of drug-likeness (QED) is 0.732. The molecule has 0 unspecified atom stereocenters. The monoisotopic (exact) mass is 225 g/mol. The average Bonchev–Trinajstić information content (AvgIpc) is 2.16. The summed E-state index contributed by atoms with van der Waals surface area (Å²) >= 11 is 0. The summed E-state index contributed by atoms with van der Waals surface area (Å²) < 4.78 is 0. The van der Waals surface area contributed by atoms with Gasteiger partial charge in [-0.2, -0.15) is 0 Å². The lowest BCUT2D eigenvalue weighted by Gasteiger charge is -2.40. The van der Waals surface area contributed by atoms with Crippen LogP contribution in [0.3, 0.4) is 0 Å². The summed E-state index contributed by atoms with van der Waals surface area (Å²) in [5.74, 6) is -0.922. The summed E-state index contributed by atoms with van der Waals surface area (Å²) in [4.78, 5) is 25.7. The molecule has 0 aromatic carbocycles. The third-order valence-electron chi connectivity index (χ3n) is 4.18. The topological polar surface area (TPSA) is 57.6 Å². The third-order valence-corrected chi connectivity index (χ3v) is 4.18. The summed E-state index contributed by atoms with van der Waals surface area (Å²) in [5.41, 5.74) is -1.01. The number of piperidine rings is 1. The molecule has 1 aliphatic heterocycles. The molecule has 4 heteroatoms. The van der Waals surface area contributed by atoms with Gasteiger partial charge in [-0.05, 0) is 45.8 Å². The molecular formula is C12H19NO3. The number of carboxylic acid groups (broad SMARTS) is 1. The van der Waals surface area contributed by atoms with E-state index in [-0.39, 0.29) is 11.7 Å². The molecule has 0 aromatic heterocycles. The van der Waals surface area contributed by atoms with Crippen LogP contribution in [0.25, 0.3) is 0 Å². The van der Waals surface area contributed by atoms with Crippen molar-refractivity contribution in [3.8, 4) is 0 Å². The lowest BCUT2D eigenvalue weighted by Crippen LogP contribution is -2.49. The molecule has 0 amide bonds. The lowest BCUT2D eigenvalue weighted by molar-refractivity contribution is -0.163. The van der Waals surface area contributed by atoms with Crippen LogP contribution in [0.1, 0.15) is 32.1 Å². The van der Waals surface area contributed by atoms with Gasteiger partial charge in [0.1, 0.15) is 5.41 Å². The number of carbonyl (C=O) groups excluding carboxylic acids is 1. The minimum atomic E-state index is -1.01. The summed E-state index contributed by atoms with van der Waals surface area (Å²) in [5, 5.41) is 9.21. The highest BCUT2D eigenvalue weighted by molar-refractivity contribution is 6.05. The smallest absolute Gasteiger partial charge is 0.317 e. The first-order chi connectivity index (χ1) is 7.56. The van der Waals surface area contributed by atoms with Crippen LogP contribution in [0, 0.1) is 11.3 Å². The van der Waals surface area contributed by atoms with Gasteiger partial charge in [-0.1, -0.05) is 6.42 Å². The number of rotatable bonds is 3. The fraction of sp³-hybridized carbons (Fsp3) is 0.833. The molecule has 90 valence electrons. The Hall–Kier alpha value is -0.900. The molecule has 0 aromatic rings. The van der Waals surface area contributed by atoms with Gasteiger partial charge in [0.05, 0.1) is 0 Å². The Bertz CT molecular complexity index is 301. The standard InChI is InChI=1S/C12H19NO3/c1-13-7-3-9(4-8-13)10(14)12(11(15)16)5-2-6-12/h9H,2-8H2,1H3,(H,15,16). The molecule has 1 saturated heterocycles. The Kier molecular flexibility index (Phi) is 3.02. The Morgan fingerprint density at radius 2 is 1.81 bits per heavy atom. The van der Waals surface area contributed by atoms with Gasteiger partial charge in [-0.25, -0.2) is 0 Å². The molecule has 0 atom stereocenters. The first kappa shape index (κ1) is 11.6. The van der Waals surface area contributed by atoms with Crippen molar-refractivity contribution in [3.05, 3.63) is 0 Å². The number of ketones is 1. The van der Waals surface area contributed by atoms with Crippen LogP contribution in [0.2, 0.25) is 0 Å². The van der Waals surface area contributed by atoms with E-state index in [0.29, 0.717) is 12.8 Å². The fourth-order valence-electron chi connectivity index (χ4n) is 2.76. The van der Waals surface area contributed by atoms with Crippen LogP contribution in [0.4, 0.5) is 0 Å². The molecule has 2 aliphatic rings. The summed E-state index contributed by atoms with van der Waals surface area (Å²) in [6.45, 7) is 1.82. The van der Waals surface area contributed by atoms with Gasteiger partial charge >= 0.3 is 5.97 Å². The molecule has 0 spiro atoms. The molecule has 1 aliphatic carbocycles. The predicted molar refractivity (Wildman–Crippen MR) is 59.1 cm³/mol. The molecule has 4 nitrogen and oxygen atoms in total. The van der Waals surface area contributed by atoms with E-state index in [1.807, 2.05) is 7.05 Å². The first-order valence-corrected chi connectivity index (χ1v) is 6.02. The third kappa shape index (κ3) is 1.75. The van der Waals surface area contributed by atoms with Crippen molar-refractivity contribution in [2.45, 2.75) is 32.1 Å². The highest BCUT2D eigenvalue weighted by atomic mass is 16.4. The zero-order valence-electron chi connectivity index (χ0n) is 9.74. The summed E-state index contributed by atoms with van der Waals surface area (Å²) in [6.07, 6.45) is 3.63. The van der Waals surface area contributed by atoms with Crippen molar-refractivity contribution in [2.75, 3.05) is 20.1 Å². The number of carboxylic acids is 1. The lowest BCUT2D eigenvalue weighted by atomic mass is 9.62. The van der Waals surface area contributed by atoms with E-state index in [9.17, 15) is 14.7 Å². The van der Waals surface area contributed by atoms with Gasteiger partial charge in [-0.15, -0.1) is 0 Å². The maximum atomic E-state index is 12.3. The molecule has 16 heavy (non-hydrogen) atoms. The largest absolute Gasteiger partial charge is 0.480 e. The second-order valence-corrected chi connectivity index (χ2v) is 5.18. The minimum Gasteiger partial charge on any atom is -0.480 e. The number of aliphatic carboxylic acids is 1. The van der Waals surface area contributed by atoms with Crippen LogP contribution >= 0.6 is 0 Å². The minimum absolute atomic E-state index is 0.000602. The number of hydrogen-bond acceptors (Lipinski definition) is 3. The second kappa shape index (κ2) is 4.17. The molecule has 0 bridgehead atoms. The van der Waals surface area contributed by atoms with Crippen molar-refractivity contribution >= 4 is 11.8 Å². The van der Waals surface area contributed by atoms with Gasteiger partial charge < -0.3 is 10.0 Å². The predicted octanol–water partition coefficient (Wildman–Crippen LogP) is 1.15. The van der Waals surface area contributed by atoms with Crippen molar-refractivity contribution in [1.29, 1.82) is 0 Å². The summed E-state index contributed by atoms with van der Waals surface area (Å²) in [7, 11) is 2.04. The SMILES string of the molecule is CN1CCC(C(=O)C2(C(=O)O)CCC2)CC1. The Morgan fingerprint density at radius 3 is 2.19 bits per heavy atom. The van der Waals surface area contributed by atoms with E-state index in [4.69, 9.17) is 0 Å². The van der Waals surface area contributed by atoms with Gasteiger partial charge in [0.2, 0.25) is 0 Å². The molecule has 1 N–H and O–H groups in total. The number of carbonyl (C=O) groups is 2. The fourth-order valence-corrected chi connectivity index (χ4v) is 2.76. The highest BCUT2D eigenvalue weighted by Gasteiger charge is 2.52. The first-order valence-electron chi connectivity index (χ1n) is 6.02. The van der Waals surface area contributed by atoms with E-state index in [1.54, 1.807) is 0 Å². The Balaban J connectivity index is 2.04. The van der Waals surface area contributed by atoms with Crippen LogP contribution in [-0.4, -0.2) is 41.9 Å². The van der Waals surface area contributed by atoms with E-state index in [0.717, 1.165) is 32.4 Å². The van der Waals surface area contributed by atoms with Gasteiger partial charge in [-0.3, -0.25) is 9.59 Å². The van der Waals surface area contributed by atoms with Crippen LogP contribution in [-0.2, 0) is 9.59 Å². The zero-order chi connectivity index (χ0) is 11.8.